The number of benzene rings is 1. The molecule has 1 fully saturated rings. The first kappa shape index (κ1) is 22.8. The molecule has 31 heavy (non-hydrogen) atoms. The fraction of sp³-hybridized carbons (Fsp3) is 0.476. The van der Waals surface area contributed by atoms with Crippen molar-refractivity contribution >= 4 is 11.8 Å². The average molecular weight is 437 g/mol. The Labute approximate surface area is 178 Å². The van der Waals surface area contributed by atoms with Gasteiger partial charge in [0.15, 0.2) is 0 Å². The minimum absolute atomic E-state index is 0.0645. The maximum atomic E-state index is 13.4. The second kappa shape index (κ2) is 9.51. The van der Waals surface area contributed by atoms with Gasteiger partial charge < -0.3 is 14.8 Å². The average Bonchev–Trinajstić information content (AvgIpc) is 3.17. The van der Waals surface area contributed by atoms with E-state index in [9.17, 15) is 22.8 Å². The van der Waals surface area contributed by atoms with Crippen molar-refractivity contribution in [1.29, 1.82) is 0 Å². The van der Waals surface area contributed by atoms with Gasteiger partial charge in [-0.25, -0.2) is 4.98 Å². The number of nitrogens with zero attached hydrogens (tertiary/aromatic N) is 4. The van der Waals surface area contributed by atoms with Crippen molar-refractivity contribution < 1.29 is 22.8 Å². The van der Waals surface area contributed by atoms with E-state index in [2.05, 4.69) is 10.3 Å². The number of aryl methyl sites for hydroxylation is 1. The first-order valence-corrected chi connectivity index (χ1v) is 10.1. The number of aromatic nitrogens is 2. The lowest BCUT2D eigenvalue weighted by molar-refractivity contribution is -0.140. The Bertz CT molecular complexity index is 928. The molecule has 2 heterocycles. The third kappa shape index (κ3) is 5.43. The summed E-state index contributed by atoms with van der Waals surface area (Å²) in [4.78, 5) is 32.7. The minimum atomic E-state index is -4.48. The van der Waals surface area contributed by atoms with Crippen LogP contribution in [-0.2, 0) is 35.4 Å². The van der Waals surface area contributed by atoms with Gasteiger partial charge in [0, 0.05) is 45.6 Å². The largest absolute Gasteiger partial charge is 0.416 e. The van der Waals surface area contributed by atoms with Crippen LogP contribution in [0.25, 0.3) is 0 Å². The van der Waals surface area contributed by atoms with Crippen molar-refractivity contribution in [3.8, 4) is 0 Å². The fourth-order valence-electron chi connectivity index (χ4n) is 3.73. The lowest BCUT2D eigenvalue weighted by atomic mass is 10.0. The highest BCUT2D eigenvalue weighted by Crippen LogP contribution is 2.32. The third-order valence-electron chi connectivity index (χ3n) is 5.45. The van der Waals surface area contributed by atoms with E-state index in [1.54, 1.807) is 24.2 Å². The number of carbonyl (C=O) groups excluding carboxylic acids is 2. The van der Waals surface area contributed by atoms with Gasteiger partial charge in [-0.05, 0) is 18.6 Å². The van der Waals surface area contributed by atoms with Crippen LogP contribution in [0.4, 0.5) is 13.2 Å². The molecule has 0 bridgehead atoms. The molecule has 3 rings (SSSR count). The van der Waals surface area contributed by atoms with Gasteiger partial charge in [0.05, 0.1) is 24.6 Å². The number of hydrogen-bond acceptors (Lipinski definition) is 4. The Morgan fingerprint density at radius 3 is 2.77 bits per heavy atom. The molecule has 1 aliphatic rings. The molecule has 1 atom stereocenters. The Kier molecular flexibility index (Phi) is 6.99. The molecule has 0 aliphatic carbocycles. The van der Waals surface area contributed by atoms with Crippen molar-refractivity contribution in [2.45, 2.75) is 45.2 Å². The number of alkyl halides is 3. The quantitative estimate of drug-likeness (QED) is 0.722. The maximum absolute atomic E-state index is 13.4. The molecular formula is C21H26F3N5O2. The monoisotopic (exact) mass is 437 g/mol. The van der Waals surface area contributed by atoms with E-state index in [1.807, 2.05) is 17.7 Å². The zero-order valence-electron chi connectivity index (χ0n) is 17.5. The molecule has 1 saturated heterocycles. The van der Waals surface area contributed by atoms with Crippen LogP contribution >= 0.6 is 0 Å². The van der Waals surface area contributed by atoms with Crippen molar-refractivity contribution in [3.63, 3.8) is 0 Å². The molecule has 0 saturated carbocycles. The van der Waals surface area contributed by atoms with Crippen LogP contribution in [0.2, 0.25) is 0 Å². The van der Waals surface area contributed by atoms with Crippen molar-refractivity contribution in [1.82, 2.24) is 24.7 Å². The molecule has 2 aromatic rings. The zero-order chi connectivity index (χ0) is 22.6. The van der Waals surface area contributed by atoms with E-state index in [-0.39, 0.29) is 36.9 Å². The second-order valence-electron chi connectivity index (χ2n) is 7.52. The molecule has 7 nitrogen and oxygen atoms in total. The van der Waals surface area contributed by atoms with Crippen LogP contribution in [0.15, 0.2) is 36.7 Å². The number of rotatable bonds is 7. The SMILES string of the molecule is CCn1ccnc1CN(C)C(=O)CC1C(=O)NCCN1Cc1ccccc1C(F)(F)F. The first-order valence-electron chi connectivity index (χ1n) is 10.1. The Balaban J connectivity index is 1.73. The van der Waals surface area contributed by atoms with Crippen LogP contribution in [0.3, 0.4) is 0 Å². The number of hydrogen-bond donors (Lipinski definition) is 1. The summed E-state index contributed by atoms with van der Waals surface area (Å²) < 4.78 is 42.0. The highest BCUT2D eigenvalue weighted by Gasteiger charge is 2.36. The van der Waals surface area contributed by atoms with Gasteiger partial charge in [0.1, 0.15) is 5.82 Å². The molecule has 1 N–H and O–H groups in total. The van der Waals surface area contributed by atoms with Crippen molar-refractivity contribution in [2.24, 2.45) is 0 Å². The summed E-state index contributed by atoms with van der Waals surface area (Å²) >= 11 is 0. The van der Waals surface area contributed by atoms with Crippen LogP contribution < -0.4 is 5.32 Å². The Morgan fingerprint density at radius 1 is 1.32 bits per heavy atom. The van der Waals surface area contributed by atoms with Crippen LogP contribution in [0.1, 0.15) is 30.3 Å². The van der Waals surface area contributed by atoms with Crippen molar-refractivity contribution in [3.05, 3.63) is 53.6 Å². The molecule has 1 aromatic heterocycles. The molecule has 10 heteroatoms. The Hall–Kier alpha value is -2.88. The molecule has 168 valence electrons. The summed E-state index contributed by atoms with van der Waals surface area (Å²) in [6.45, 7) is 3.59. The van der Waals surface area contributed by atoms with Gasteiger partial charge in [0.2, 0.25) is 11.8 Å². The lowest BCUT2D eigenvalue weighted by Crippen LogP contribution is -2.56. The van der Waals surface area contributed by atoms with Crippen LogP contribution in [-0.4, -0.2) is 57.3 Å². The molecule has 0 spiro atoms. The van der Waals surface area contributed by atoms with Crippen LogP contribution in [0.5, 0.6) is 0 Å². The second-order valence-corrected chi connectivity index (χ2v) is 7.52. The van der Waals surface area contributed by atoms with E-state index >= 15 is 0 Å². The van der Waals surface area contributed by atoms with Gasteiger partial charge in [-0.2, -0.15) is 13.2 Å². The third-order valence-corrected chi connectivity index (χ3v) is 5.45. The summed E-state index contributed by atoms with van der Waals surface area (Å²) in [5.74, 6) is 0.0942. The number of nitrogens with one attached hydrogen (secondary N) is 1. The van der Waals surface area contributed by atoms with E-state index in [0.29, 0.717) is 13.1 Å². The van der Waals surface area contributed by atoms with E-state index in [4.69, 9.17) is 0 Å². The summed E-state index contributed by atoms with van der Waals surface area (Å²) in [7, 11) is 1.63. The predicted molar refractivity (Wildman–Crippen MR) is 108 cm³/mol. The zero-order valence-corrected chi connectivity index (χ0v) is 17.5. The normalized spacial score (nSPS) is 17.5. The summed E-state index contributed by atoms with van der Waals surface area (Å²) in [6, 6.07) is 4.48. The molecular weight excluding hydrogens is 411 g/mol. The highest BCUT2D eigenvalue weighted by atomic mass is 19.4. The topological polar surface area (TPSA) is 70.5 Å². The number of piperazine rings is 1. The first-order chi connectivity index (χ1) is 14.7. The fourth-order valence-corrected chi connectivity index (χ4v) is 3.73. The highest BCUT2D eigenvalue weighted by molar-refractivity contribution is 5.88. The lowest BCUT2D eigenvalue weighted by Gasteiger charge is -2.35. The molecule has 0 radical (unpaired) electrons. The molecule has 1 unspecified atom stereocenters. The predicted octanol–water partition coefficient (Wildman–Crippen LogP) is 2.27. The molecule has 1 aliphatic heterocycles. The van der Waals surface area contributed by atoms with E-state index < -0.39 is 17.8 Å². The smallest absolute Gasteiger partial charge is 0.353 e. The number of halogens is 3. The maximum Gasteiger partial charge on any atom is 0.416 e. The number of amides is 2. The standard InChI is InChI=1S/C21H26F3N5O2/c1-3-28-10-8-25-18(28)14-27(2)19(30)12-17-20(31)26-9-11-29(17)13-15-6-4-5-7-16(15)21(22,23)24/h4-8,10,17H,3,9,11-14H2,1-2H3,(H,26,31). The van der Waals surface area contributed by atoms with Gasteiger partial charge in [-0.1, -0.05) is 18.2 Å². The molecule has 1 aromatic carbocycles. The number of imidazole rings is 1. The van der Waals surface area contributed by atoms with Crippen molar-refractivity contribution in [2.75, 3.05) is 20.1 Å². The summed E-state index contributed by atoms with van der Waals surface area (Å²) in [5.41, 5.74) is -0.643. The molecule has 2 amide bonds. The summed E-state index contributed by atoms with van der Waals surface area (Å²) in [6.07, 6.45) is -1.13. The van der Waals surface area contributed by atoms with Gasteiger partial charge in [-0.3, -0.25) is 14.5 Å². The Morgan fingerprint density at radius 2 is 2.06 bits per heavy atom. The van der Waals surface area contributed by atoms with E-state index in [0.717, 1.165) is 18.4 Å². The van der Waals surface area contributed by atoms with Gasteiger partial charge in [-0.15, -0.1) is 0 Å². The van der Waals surface area contributed by atoms with Gasteiger partial charge >= 0.3 is 6.18 Å². The number of carbonyl (C=O) groups is 2. The van der Waals surface area contributed by atoms with Gasteiger partial charge in [0.25, 0.3) is 0 Å². The summed E-state index contributed by atoms with van der Waals surface area (Å²) in [5, 5.41) is 2.71. The minimum Gasteiger partial charge on any atom is -0.353 e. The van der Waals surface area contributed by atoms with E-state index in [1.165, 1.54) is 17.0 Å². The van der Waals surface area contributed by atoms with Crippen LogP contribution in [0, 0.1) is 0 Å².